The maximum atomic E-state index is 12.9. The van der Waals surface area contributed by atoms with Crippen LogP contribution in [0.15, 0.2) is 23.1 Å². The lowest BCUT2D eigenvalue weighted by Crippen LogP contribution is -2.33. The summed E-state index contributed by atoms with van der Waals surface area (Å²) in [6.45, 7) is 2.30. The molecule has 0 spiro atoms. The van der Waals surface area contributed by atoms with E-state index < -0.39 is 28.7 Å². The molecule has 0 aliphatic carbocycles. The lowest BCUT2D eigenvalue weighted by Gasteiger charge is -2.15. The molecule has 1 aromatic carbocycles. The Kier molecular flexibility index (Phi) is 7.25. The van der Waals surface area contributed by atoms with Crippen LogP contribution < -0.4 is 5.32 Å². The molecule has 1 fully saturated rings. The van der Waals surface area contributed by atoms with Crippen molar-refractivity contribution in [2.24, 2.45) is 0 Å². The van der Waals surface area contributed by atoms with E-state index in [0.717, 1.165) is 31.2 Å². The quantitative estimate of drug-likeness (QED) is 0.623. The molecule has 172 valence electrons. The van der Waals surface area contributed by atoms with Gasteiger partial charge in [0, 0.05) is 32.5 Å². The third-order valence-corrected chi connectivity index (χ3v) is 7.19. The summed E-state index contributed by atoms with van der Waals surface area (Å²) in [5.74, 6) is -0.148. The highest BCUT2D eigenvalue weighted by Crippen LogP contribution is 2.26. The highest BCUT2D eigenvalue weighted by molar-refractivity contribution is 7.89. The van der Waals surface area contributed by atoms with E-state index in [1.165, 1.54) is 4.31 Å². The second-order valence-electron chi connectivity index (χ2n) is 7.69. The first-order valence-corrected chi connectivity index (χ1v) is 11.9. The summed E-state index contributed by atoms with van der Waals surface area (Å²) in [6, 6.07) is 4.83. The predicted molar refractivity (Wildman–Crippen MR) is 110 cm³/mol. The zero-order chi connectivity index (χ0) is 22.6. The van der Waals surface area contributed by atoms with Gasteiger partial charge in [0.15, 0.2) is 0 Å². The van der Waals surface area contributed by atoms with Crippen LogP contribution in [-0.2, 0) is 27.8 Å². The lowest BCUT2D eigenvalue weighted by atomic mass is 10.2. The van der Waals surface area contributed by atoms with Crippen molar-refractivity contribution >= 4 is 27.0 Å². The molecule has 0 atom stereocenters. The lowest BCUT2D eigenvalue weighted by molar-refractivity contribution is -0.138. The van der Waals surface area contributed by atoms with Crippen molar-refractivity contribution in [1.82, 2.24) is 19.2 Å². The Morgan fingerprint density at radius 1 is 1.23 bits per heavy atom. The van der Waals surface area contributed by atoms with Crippen molar-refractivity contribution in [3.05, 3.63) is 24.0 Å². The molecule has 0 unspecified atom stereocenters. The summed E-state index contributed by atoms with van der Waals surface area (Å²) in [5, 5.41) is 1.86. The van der Waals surface area contributed by atoms with E-state index in [-0.39, 0.29) is 17.7 Å². The summed E-state index contributed by atoms with van der Waals surface area (Å²) >= 11 is 0. The standard InChI is InChI=1S/C20H27F3N4O3S/c1-2-3-12-27-17-7-6-15(31(29,30)26-10-4-5-11-26)13-16(17)25-18(27)8-9-19(28)24-14-20(21,22)23/h6-7,13H,2-5,8-12,14H2,1H3,(H,24,28). The zero-order valence-corrected chi connectivity index (χ0v) is 18.2. The van der Waals surface area contributed by atoms with Crippen LogP contribution in [-0.4, -0.2) is 54.0 Å². The van der Waals surface area contributed by atoms with E-state index in [2.05, 4.69) is 4.98 Å². The largest absolute Gasteiger partial charge is 0.405 e. The maximum absolute atomic E-state index is 12.9. The third-order valence-electron chi connectivity index (χ3n) is 5.30. The first-order chi connectivity index (χ1) is 14.6. The molecule has 31 heavy (non-hydrogen) atoms. The number of rotatable bonds is 9. The van der Waals surface area contributed by atoms with Gasteiger partial charge in [-0.2, -0.15) is 17.5 Å². The SMILES string of the molecule is CCCCn1c(CCC(=O)NCC(F)(F)F)nc2cc(S(=O)(=O)N3CCCC3)ccc21. The number of alkyl halides is 3. The number of hydrogen-bond donors (Lipinski definition) is 1. The number of aryl methyl sites for hydroxylation is 2. The molecule has 1 saturated heterocycles. The number of nitrogens with one attached hydrogen (secondary N) is 1. The third kappa shape index (κ3) is 5.76. The van der Waals surface area contributed by atoms with Gasteiger partial charge < -0.3 is 9.88 Å². The van der Waals surface area contributed by atoms with Crippen molar-refractivity contribution in [2.45, 2.75) is 63.1 Å². The topological polar surface area (TPSA) is 84.3 Å². The van der Waals surface area contributed by atoms with Gasteiger partial charge in [-0.05, 0) is 37.5 Å². The van der Waals surface area contributed by atoms with Gasteiger partial charge in [-0.15, -0.1) is 0 Å². The molecule has 1 aliphatic rings. The molecular weight excluding hydrogens is 433 g/mol. The second-order valence-corrected chi connectivity index (χ2v) is 9.62. The fraction of sp³-hybridized carbons (Fsp3) is 0.600. The van der Waals surface area contributed by atoms with Crippen LogP contribution in [0.4, 0.5) is 13.2 Å². The average molecular weight is 461 g/mol. The number of imidazole rings is 1. The highest BCUT2D eigenvalue weighted by Gasteiger charge is 2.29. The van der Waals surface area contributed by atoms with Crippen LogP contribution in [0.5, 0.6) is 0 Å². The number of sulfonamides is 1. The number of benzene rings is 1. The van der Waals surface area contributed by atoms with Crippen LogP contribution in [0.1, 0.15) is 44.9 Å². The van der Waals surface area contributed by atoms with E-state index >= 15 is 0 Å². The molecule has 2 heterocycles. The number of carbonyl (C=O) groups excluding carboxylic acids is 1. The molecule has 0 radical (unpaired) electrons. The van der Waals surface area contributed by atoms with Crippen molar-refractivity contribution < 1.29 is 26.4 Å². The summed E-state index contributed by atoms with van der Waals surface area (Å²) in [7, 11) is -3.58. The maximum Gasteiger partial charge on any atom is 0.405 e. The number of halogens is 3. The summed E-state index contributed by atoms with van der Waals surface area (Å²) in [4.78, 5) is 16.5. The molecule has 11 heteroatoms. The van der Waals surface area contributed by atoms with Gasteiger partial charge in [0.1, 0.15) is 12.4 Å². The number of amides is 1. The van der Waals surface area contributed by atoms with Crippen molar-refractivity contribution in [1.29, 1.82) is 0 Å². The van der Waals surface area contributed by atoms with Gasteiger partial charge in [-0.1, -0.05) is 13.3 Å². The first-order valence-electron chi connectivity index (χ1n) is 10.4. The van der Waals surface area contributed by atoms with Gasteiger partial charge in [0.25, 0.3) is 0 Å². The molecule has 0 bridgehead atoms. The smallest absolute Gasteiger partial charge is 0.347 e. The Hall–Kier alpha value is -2.14. The minimum absolute atomic E-state index is 0.134. The van der Waals surface area contributed by atoms with Gasteiger partial charge in [-0.3, -0.25) is 4.79 Å². The van der Waals surface area contributed by atoms with Gasteiger partial charge in [0.2, 0.25) is 15.9 Å². The number of fused-ring (bicyclic) bond motifs is 1. The molecule has 1 aliphatic heterocycles. The van der Waals surface area contributed by atoms with Gasteiger partial charge >= 0.3 is 6.18 Å². The van der Waals surface area contributed by atoms with E-state index in [4.69, 9.17) is 0 Å². The molecule has 0 saturated carbocycles. The zero-order valence-electron chi connectivity index (χ0n) is 17.4. The molecular formula is C20H27F3N4O3S. The van der Waals surface area contributed by atoms with Crippen molar-refractivity contribution in [2.75, 3.05) is 19.6 Å². The molecule has 1 amide bonds. The summed E-state index contributed by atoms with van der Waals surface area (Å²) < 4.78 is 66.0. The monoisotopic (exact) mass is 460 g/mol. The van der Waals surface area contributed by atoms with Crippen LogP contribution >= 0.6 is 0 Å². The number of aromatic nitrogens is 2. The van der Waals surface area contributed by atoms with Crippen LogP contribution in [0.25, 0.3) is 11.0 Å². The fourth-order valence-corrected chi connectivity index (χ4v) is 5.20. The average Bonchev–Trinajstić information content (AvgIpc) is 3.36. The van der Waals surface area contributed by atoms with Crippen LogP contribution in [0.3, 0.4) is 0 Å². The predicted octanol–water partition coefficient (Wildman–Crippen LogP) is 3.23. The molecule has 1 N–H and O–H groups in total. The molecule has 3 rings (SSSR count). The second kappa shape index (κ2) is 9.56. The highest BCUT2D eigenvalue weighted by atomic mass is 32.2. The summed E-state index contributed by atoms with van der Waals surface area (Å²) in [5.41, 5.74) is 1.25. The minimum atomic E-state index is -4.46. The normalized spacial score (nSPS) is 15.6. The summed E-state index contributed by atoms with van der Waals surface area (Å²) in [6.07, 6.45) is -0.970. The Balaban J connectivity index is 1.83. The Morgan fingerprint density at radius 2 is 1.94 bits per heavy atom. The number of carbonyl (C=O) groups is 1. The van der Waals surface area contributed by atoms with E-state index in [0.29, 0.717) is 31.0 Å². The molecule has 2 aromatic rings. The van der Waals surface area contributed by atoms with Gasteiger partial charge in [-0.25, -0.2) is 13.4 Å². The Morgan fingerprint density at radius 3 is 2.58 bits per heavy atom. The van der Waals surface area contributed by atoms with Crippen molar-refractivity contribution in [3.63, 3.8) is 0 Å². The van der Waals surface area contributed by atoms with E-state index in [9.17, 15) is 26.4 Å². The van der Waals surface area contributed by atoms with Crippen LogP contribution in [0, 0.1) is 0 Å². The first kappa shape index (κ1) is 23.5. The Labute approximate surface area is 179 Å². The van der Waals surface area contributed by atoms with E-state index in [1.54, 1.807) is 18.2 Å². The number of nitrogens with zero attached hydrogens (tertiary/aromatic N) is 3. The number of hydrogen-bond acceptors (Lipinski definition) is 4. The number of unbranched alkanes of at least 4 members (excludes halogenated alkanes) is 1. The Bertz CT molecular complexity index is 1030. The molecule has 7 nitrogen and oxygen atoms in total. The van der Waals surface area contributed by atoms with Crippen molar-refractivity contribution in [3.8, 4) is 0 Å². The van der Waals surface area contributed by atoms with E-state index in [1.807, 2.05) is 16.8 Å². The fourth-order valence-electron chi connectivity index (χ4n) is 3.67. The minimum Gasteiger partial charge on any atom is -0.347 e. The van der Waals surface area contributed by atoms with Gasteiger partial charge in [0.05, 0.1) is 15.9 Å². The molecule has 1 aromatic heterocycles. The van der Waals surface area contributed by atoms with Crippen LogP contribution in [0.2, 0.25) is 0 Å².